The van der Waals surface area contributed by atoms with Gasteiger partial charge in [0.25, 0.3) is 5.89 Å². The number of hydrogen-bond acceptors (Lipinski definition) is 7. The lowest BCUT2D eigenvalue weighted by molar-refractivity contribution is 0.0835. The normalized spacial score (nSPS) is 19.0. The van der Waals surface area contributed by atoms with Crippen molar-refractivity contribution in [3.63, 3.8) is 0 Å². The number of pyridine rings is 1. The van der Waals surface area contributed by atoms with Crippen LogP contribution in [-0.4, -0.2) is 30.1 Å². The van der Waals surface area contributed by atoms with Gasteiger partial charge in [-0.3, -0.25) is 4.98 Å². The molecular weight excluding hydrogens is 296 g/mol. The van der Waals surface area contributed by atoms with Gasteiger partial charge in [0.05, 0.1) is 6.54 Å². The van der Waals surface area contributed by atoms with E-state index in [1.54, 1.807) is 6.07 Å². The molecule has 0 aliphatic carbocycles. The summed E-state index contributed by atoms with van der Waals surface area (Å²) in [7, 11) is -3.63. The molecule has 0 amide bonds. The first-order chi connectivity index (χ1) is 10.1. The molecule has 1 fully saturated rings. The predicted molar refractivity (Wildman–Crippen MR) is 70.5 cm³/mol. The second-order valence-corrected chi connectivity index (χ2v) is 6.33. The first kappa shape index (κ1) is 14.1. The zero-order valence-electron chi connectivity index (χ0n) is 11.1. The molecule has 9 heteroatoms. The van der Waals surface area contributed by atoms with Crippen LogP contribution in [0.5, 0.6) is 0 Å². The van der Waals surface area contributed by atoms with E-state index in [9.17, 15) is 8.42 Å². The Bertz CT molecular complexity index is 695. The van der Waals surface area contributed by atoms with Crippen molar-refractivity contribution in [2.24, 2.45) is 0 Å². The number of ether oxygens (including phenoxy) is 1. The molecule has 1 N–H and O–H groups in total. The summed E-state index contributed by atoms with van der Waals surface area (Å²) in [6.07, 6.45) is 4.39. The summed E-state index contributed by atoms with van der Waals surface area (Å²) in [5.41, 5.74) is 0. The van der Waals surface area contributed by atoms with Crippen molar-refractivity contribution in [3.8, 4) is 0 Å². The molecule has 2 aromatic rings. The van der Waals surface area contributed by atoms with Crippen LogP contribution in [0.1, 0.15) is 30.7 Å². The Labute approximate surface area is 121 Å². The maximum atomic E-state index is 12.0. The van der Waals surface area contributed by atoms with Gasteiger partial charge in [-0.15, -0.1) is 0 Å². The van der Waals surface area contributed by atoms with E-state index in [1.807, 2.05) is 0 Å². The molecule has 1 aliphatic rings. The highest BCUT2D eigenvalue weighted by Crippen LogP contribution is 2.26. The first-order valence-electron chi connectivity index (χ1n) is 6.49. The molecule has 21 heavy (non-hydrogen) atoms. The van der Waals surface area contributed by atoms with Crippen LogP contribution in [0.2, 0.25) is 0 Å². The van der Waals surface area contributed by atoms with Crippen LogP contribution in [0.3, 0.4) is 0 Å². The van der Waals surface area contributed by atoms with E-state index < -0.39 is 10.0 Å². The maximum Gasteiger partial charge on any atom is 0.255 e. The Hall–Kier alpha value is -1.84. The Balaban J connectivity index is 1.65. The summed E-state index contributed by atoms with van der Waals surface area (Å²) in [4.78, 5) is 8.01. The quantitative estimate of drug-likeness (QED) is 0.870. The predicted octanol–water partition coefficient (Wildman–Crippen LogP) is 0.795. The van der Waals surface area contributed by atoms with Crippen LogP contribution in [-0.2, 0) is 21.3 Å². The monoisotopic (exact) mass is 310 g/mol. The molecule has 0 bridgehead atoms. The SMILES string of the molecule is O=S(=O)(NCc1noc([C@@H]2CCCO2)n1)c1cccnc1. The second-order valence-electron chi connectivity index (χ2n) is 4.56. The lowest BCUT2D eigenvalue weighted by Gasteiger charge is -2.03. The molecular formula is C12H14N4O4S. The minimum absolute atomic E-state index is 0.0482. The van der Waals surface area contributed by atoms with Gasteiger partial charge in [0.15, 0.2) is 5.82 Å². The van der Waals surface area contributed by atoms with Gasteiger partial charge < -0.3 is 9.26 Å². The Kier molecular flexibility index (Phi) is 3.95. The van der Waals surface area contributed by atoms with Crippen molar-refractivity contribution >= 4 is 10.0 Å². The lowest BCUT2D eigenvalue weighted by Crippen LogP contribution is -2.23. The third-order valence-corrected chi connectivity index (χ3v) is 4.44. The first-order valence-corrected chi connectivity index (χ1v) is 7.97. The zero-order valence-corrected chi connectivity index (χ0v) is 11.9. The van der Waals surface area contributed by atoms with E-state index in [-0.39, 0.29) is 23.4 Å². The van der Waals surface area contributed by atoms with Gasteiger partial charge in [0, 0.05) is 19.0 Å². The lowest BCUT2D eigenvalue weighted by atomic mass is 10.2. The van der Waals surface area contributed by atoms with Gasteiger partial charge in [0.2, 0.25) is 10.0 Å². The molecule has 8 nitrogen and oxygen atoms in total. The molecule has 0 unspecified atom stereocenters. The number of aromatic nitrogens is 3. The van der Waals surface area contributed by atoms with E-state index in [1.165, 1.54) is 18.5 Å². The summed E-state index contributed by atoms with van der Waals surface area (Å²) in [5, 5.41) is 3.75. The highest BCUT2D eigenvalue weighted by Gasteiger charge is 2.24. The van der Waals surface area contributed by atoms with Gasteiger partial charge in [-0.2, -0.15) is 4.98 Å². The van der Waals surface area contributed by atoms with Crippen molar-refractivity contribution in [2.75, 3.05) is 6.61 Å². The highest BCUT2D eigenvalue weighted by molar-refractivity contribution is 7.89. The highest BCUT2D eigenvalue weighted by atomic mass is 32.2. The third kappa shape index (κ3) is 3.26. The fourth-order valence-corrected chi connectivity index (χ4v) is 2.93. The van der Waals surface area contributed by atoms with Crippen LogP contribution in [0, 0.1) is 0 Å². The zero-order chi connectivity index (χ0) is 14.7. The smallest absolute Gasteiger partial charge is 0.255 e. The molecule has 0 radical (unpaired) electrons. The van der Waals surface area contributed by atoms with E-state index in [4.69, 9.17) is 9.26 Å². The summed E-state index contributed by atoms with van der Waals surface area (Å²) in [6, 6.07) is 3.02. The van der Waals surface area contributed by atoms with Gasteiger partial charge in [-0.25, -0.2) is 13.1 Å². The van der Waals surface area contributed by atoms with E-state index >= 15 is 0 Å². The summed E-state index contributed by atoms with van der Waals surface area (Å²) in [6.45, 7) is 0.628. The Morgan fingerprint density at radius 2 is 2.33 bits per heavy atom. The van der Waals surface area contributed by atoms with E-state index in [2.05, 4.69) is 19.8 Å². The fraction of sp³-hybridized carbons (Fsp3) is 0.417. The average Bonchev–Trinajstić information content (AvgIpc) is 3.17. The number of nitrogens with one attached hydrogen (secondary N) is 1. The summed E-state index contributed by atoms with van der Waals surface area (Å²) in [5.74, 6) is 0.663. The Morgan fingerprint density at radius 3 is 3.05 bits per heavy atom. The minimum Gasteiger partial charge on any atom is -0.368 e. The number of sulfonamides is 1. The van der Waals surface area contributed by atoms with Gasteiger partial charge in [-0.05, 0) is 25.0 Å². The fourth-order valence-electron chi connectivity index (χ4n) is 1.99. The van der Waals surface area contributed by atoms with E-state index in [0.717, 1.165) is 12.8 Å². The topological polar surface area (TPSA) is 107 Å². The van der Waals surface area contributed by atoms with Crippen LogP contribution >= 0.6 is 0 Å². The second kappa shape index (κ2) is 5.88. The van der Waals surface area contributed by atoms with E-state index in [0.29, 0.717) is 12.5 Å². The maximum absolute atomic E-state index is 12.0. The van der Waals surface area contributed by atoms with Gasteiger partial charge in [0.1, 0.15) is 11.0 Å². The van der Waals surface area contributed by atoms with Gasteiger partial charge >= 0.3 is 0 Å². The van der Waals surface area contributed by atoms with Crippen molar-refractivity contribution in [2.45, 2.75) is 30.4 Å². The molecule has 112 valence electrons. The van der Waals surface area contributed by atoms with Crippen LogP contribution in [0.25, 0.3) is 0 Å². The number of rotatable bonds is 5. The third-order valence-electron chi connectivity index (χ3n) is 3.05. The average molecular weight is 310 g/mol. The summed E-state index contributed by atoms with van der Waals surface area (Å²) >= 11 is 0. The molecule has 1 atom stereocenters. The Morgan fingerprint density at radius 1 is 1.43 bits per heavy atom. The number of hydrogen-bond donors (Lipinski definition) is 1. The molecule has 0 saturated carbocycles. The minimum atomic E-state index is -3.63. The van der Waals surface area contributed by atoms with Crippen LogP contribution in [0.4, 0.5) is 0 Å². The van der Waals surface area contributed by atoms with Crippen LogP contribution in [0.15, 0.2) is 33.9 Å². The van der Waals surface area contributed by atoms with Crippen molar-refractivity contribution in [1.82, 2.24) is 19.8 Å². The van der Waals surface area contributed by atoms with Gasteiger partial charge in [-0.1, -0.05) is 5.16 Å². The largest absolute Gasteiger partial charge is 0.368 e. The van der Waals surface area contributed by atoms with Crippen molar-refractivity contribution in [1.29, 1.82) is 0 Å². The molecule has 0 aromatic carbocycles. The standard InChI is InChI=1S/C12H14N4O4S/c17-21(18,9-3-1-5-13-7-9)14-8-11-15-12(20-16-11)10-4-2-6-19-10/h1,3,5,7,10,14H,2,4,6,8H2/t10-/m0/s1. The molecule has 1 saturated heterocycles. The molecule has 1 aliphatic heterocycles. The van der Waals surface area contributed by atoms with Crippen molar-refractivity contribution < 1.29 is 17.7 Å². The summed E-state index contributed by atoms with van der Waals surface area (Å²) < 4.78 is 36.9. The van der Waals surface area contributed by atoms with Crippen LogP contribution < -0.4 is 4.72 Å². The molecule has 3 rings (SSSR count). The molecule has 3 heterocycles. The number of nitrogens with zero attached hydrogens (tertiary/aromatic N) is 3. The molecule has 2 aromatic heterocycles. The molecule has 0 spiro atoms. The van der Waals surface area contributed by atoms with Crippen molar-refractivity contribution in [3.05, 3.63) is 36.2 Å².